The fourth-order valence-corrected chi connectivity index (χ4v) is 2.84. The van der Waals surface area contributed by atoms with Gasteiger partial charge < -0.3 is 19.8 Å². The van der Waals surface area contributed by atoms with Gasteiger partial charge in [-0.3, -0.25) is 4.90 Å². The minimum atomic E-state index is -1.42. The van der Waals surface area contributed by atoms with Crippen LogP contribution in [-0.4, -0.2) is 68.9 Å². The van der Waals surface area contributed by atoms with Gasteiger partial charge in [-0.1, -0.05) is 0 Å². The second-order valence-electron chi connectivity index (χ2n) is 5.50. The van der Waals surface area contributed by atoms with Crippen molar-refractivity contribution in [2.24, 2.45) is 0 Å². The number of carbonyl (C=O) groups excluding carboxylic acids is 1. The molecular formula is C11H16N2O6. The Bertz CT molecular complexity index is 448. The topological polar surface area (TPSA) is 107 Å². The van der Waals surface area contributed by atoms with Gasteiger partial charge in [0.15, 0.2) is 5.54 Å². The molecule has 2 heterocycles. The van der Waals surface area contributed by atoms with E-state index in [1.54, 1.807) is 13.8 Å². The van der Waals surface area contributed by atoms with Crippen molar-refractivity contribution >= 4 is 18.2 Å². The fraction of sp³-hybridized carbons (Fsp3) is 0.727. The number of nitrogens with zero attached hydrogens (tertiary/aromatic N) is 2. The van der Waals surface area contributed by atoms with E-state index in [0.717, 1.165) is 9.80 Å². The Hall–Kier alpha value is -1.99. The molecule has 1 atom stereocenters. The van der Waals surface area contributed by atoms with E-state index in [2.05, 4.69) is 0 Å². The number of ether oxygens (including phenoxy) is 1. The minimum absolute atomic E-state index is 0.0349. The Balaban J connectivity index is 2.38. The number of carbonyl (C=O) groups is 3. The van der Waals surface area contributed by atoms with Gasteiger partial charge in [-0.25, -0.2) is 14.4 Å². The smallest absolute Gasteiger partial charge is 0.408 e. The second-order valence-corrected chi connectivity index (χ2v) is 5.50. The van der Waals surface area contributed by atoms with Crippen LogP contribution >= 0.6 is 0 Å². The maximum atomic E-state index is 12.1. The molecule has 1 spiro atoms. The maximum Gasteiger partial charge on any atom is 0.408 e. The van der Waals surface area contributed by atoms with Crippen LogP contribution < -0.4 is 0 Å². The van der Waals surface area contributed by atoms with Crippen molar-refractivity contribution in [2.45, 2.75) is 31.4 Å². The van der Waals surface area contributed by atoms with Crippen LogP contribution in [0.15, 0.2) is 0 Å². The highest BCUT2D eigenvalue weighted by atomic mass is 16.6. The monoisotopic (exact) mass is 272 g/mol. The Kier molecular flexibility index (Phi) is 2.83. The van der Waals surface area contributed by atoms with Crippen LogP contribution in [0.3, 0.4) is 0 Å². The summed E-state index contributed by atoms with van der Waals surface area (Å²) in [6.45, 7) is 3.19. The van der Waals surface area contributed by atoms with E-state index in [-0.39, 0.29) is 26.1 Å². The first-order valence-electron chi connectivity index (χ1n) is 5.90. The molecule has 2 amide bonds. The van der Waals surface area contributed by atoms with Crippen LogP contribution in [0.25, 0.3) is 0 Å². The average molecular weight is 272 g/mol. The molecule has 0 aromatic rings. The summed E-state index contributed by atoms with van der Waals surface area (Å²) < 4.78 is 5.19. The second kappa shape index (κ2) is 4.01. The van der Waals surface area contributed by atoms with Crippen LogP contribution in [0, 0.1) is 0 Å². The molecule has 2 N–H and O–H groups in total. The van der Waals surface area contributed by atoms with Gasteiger partial charge in [0.1, 0.15) is 5.60 Å². The summed E-state index contributed by atoms with van der Waals surface area (Å²) >= 11 is 0. The largest absolute Gasteiger partial charge is 0.465 e. The quantitative estimate of drug-likeness (QED) is 0.619. The first kappa shape index (κ1) is 13.4. The highest BCUT2D eigenvalue weighted by Gasteiger charge is 2.60. The molecule has 2 aliphatic rings. The number of carboxylic acid groups (broad SMARTS) is 2. The van der Waals surface area contributed by atoms with Crippen molar-refractivity contribution in [1.29, 1.82) is 0 Å². The zero-order valence-electron chi connectivity index (χ0n) is 10.8. The molecule has 2 saturated heterocycles. The molecule has 2 rings (SSSR count). The normalized spacial score (nSPS) is 29.5. The summed E-state index contributed by atoms with van der Waals surface area (Å²) in [5, 5.41) is 18.3. The van der Waals surface area contributed by atoms with Gasteiger partial charge in [0.2, 0.25) is 0 Å². The molecule has 0 aromatic heterocycles. The lowest BCUT2D eigenvalue weighted by Gasteiger charge is -2.43. The third-order valence-corrected chi connectivity index (χ3v) is 3.53. The number of hydrogen-bond acceptors (Lipinski definition) is 4. The average Bonchev–Trinajstić information content (AvgIpc) is 2.47. The molecule has 19 heavy (non-hydrogen) atoms. The fourth-order valence-electron chi connectivity index (χ4n) is 2.84. The van der Waals surface area contributed by atoms with Crippen molar-refractivity contribution in [2.75, 3.05) is 19.6 Å². The molecule has 0 bridgehead atoms. The van der Waals surface area contributed by atoms with E-state index in [0.29, 0.717) is 0 Å². The van der Waals surface area contributed by atoms with Crippen LogP contribution in [0.1, 0.15) is 20.3 Å². The van der Waals surface area contributed by atoms with Crippen LogP contribution in [0.5, 0.6) is 0 Å². The lowest BCUT2D eigenvalue weighted by Crippen LogP contribution is -2.66. The number of hydrogen-bond donors (Lipinski definition) is 2. The van der Waals surface area contributed by atoms with Gasteiger partial charge in [0.25, 0.3) is 0 Å². The zero-order chi connectivity index (χ0) is 14.4. The summed E-state index contributed by atoms with van der Waals surface area (Å²) in [6.07, 6.45) is -2.25. The van der Waals surface area contributed by atoms with Crippen molar-refractivity contribution in [3.05, 3.63) is 0 Å². The van der Waals surface area contributed by atoms with Crippen molar-refractivity contribution in [1.82, 2.24) is 9.80 Å². The lowest BCUT2D eigenvalue weighted by molar-refractivity contribution is -0.155. The molecule has 0 radical (unpaired) electrons. The van der Waals surface area contributed by atoms with Crippen LogP contribution in [0.4, 0.5) is 9.59 Å². The number of cyclic esters (lactones) is 1. The predicted molar refractivity (Wildman–Crippen MR) is 61.8 cm³/mol. The highest BCUT2D eigenvalue weighted by molar-refractivity contribution is 5.89. The van der Waals surface area contributed by atoms with Gasteiger partial charge in [0, 0.05) is 19.5 Å². The summed E-state index contributed by atoms with van der Waals surface area (Å²) in [7, 11) is 0. The molecule has 2 fully saturated rings. The van der Waals surface area contributed by atoms with Crippen molar-refractivity contribution < 1.29 is 29.3 Å². The molecule has 0 saturated carbocycles. The van der Waals surface area contributed by atoms with E-state index >= 15 is 0 Å². The summed E-state index contributed by atoms with van der Waals surface area (Å²) in [6, 6.07) is 0. The molecule has 106 valence electrons. The SMILES string of the molecule is CC1(C)CC2(CN(C(=O)O)CCN2C(=O)O)C(=O)O1. The van der Waals surface area contributed by atoms with E-state index in [1.165, 1.54) is 0 Å². The Morgan fingerprint density at radius 2 is 1.84 bits per heavy atom. The van der Waals surface area contributed by atoms with Gasteiger partial charge in [-0.15, -0.1) is 0 Å². The lowest BCUT2D eigenvalue weighted by atomic mass is 9.86. The number of amides is 2. The molecule has 1 unspecified atom stereocenters. The van der Waals surface area contributed by atoms with Crippen LogP contribution in [-0.2, 0) is 9.53 Å². The molecule has 0 aliphatic carbocycles. The maximum absolute atomic E-state index is 12.1. The van der Waals surface area contributed by atoms with Crippen molar-refractivity contribution in [3.8, 4) is 0 Å². The Labute approximate surface area is 109 Å². The predicted octanol–water partition coefficient (Wildman–Crippen LogP) is 0.424. The van der Waals surface area contributed by atoms with Gasteiger partial charge in [0.05, 0.1) is 6.54 Å². The van der Waals surface area contributed by atoms with E-state index in [1.807, 2.05) is 0 Å². The zero-order valence-corrected chi connectivity index (χ0v) is 10.8. The first-order chi connectivity index (χ1) is 8.68. The minimum Gasteiger partial charge on any atom is -0.465 e. The van der Waals surface area contributed by atoms with E-state index in [9.17, 15) is 19.5 Å². The Morgan fingerprint density at radius 3 is 2.26 bits per heavy atom. The van der Waals surface area contributed by atoms with Crippen molar-refractivity contribution in [3.63, 3.8) is 0 Å². The van der Waals surface area contributed by atoms with Crippen LogP contribution in [0.2, 0.25) is 0 Å². The standard InChI is InChI=1S/C11H16N2O6/c1-10(2)5-11(7(14)19-10)6-12(8(15)16)3-4-13(11)9(17)18/h3-6H2,1-2H3,(H,15,16)(H,17,18). The number of piperazine rings is 1. The van der Waals surface area contributed by atoms with E-state index in [4.69, 9.17) is 9.84 Å². The highest BCUT2D eigenvalue weighted by Crippen LogP contribution is 2.40. The first-order valence-corrected chi connectivity index (χ1v) is 5.90. The van der Waals surface area contributed by atoms with Gasteiger partial charge in [-0.2, -0.15) is 0 Å². The molecule has 2 aliphatic heterocycles. The summed E-state index contributed by atoms with van der Waals surface area (Å²) in [4.78, 5) is 36.5. The molecule has 8 nitrogen and oxygen atoms in total. The Morgan fingerprint density at radius 1 is 1.21 bits per heavy atom. The summed E-state index contributed by atoms with van der Waals surface area (Å²) in [5.74, 6) is -0.675. The molecule has 0 aromatic carbocycles. The number of esters is 1. The molecular weight excluding hydrogens is 256 g/mol. The third kappa shape index (κ3) is 2.06. The third-order valence-electron chi connectivity index (χ3n) is 3.53. The number of rotatable bonds is 0. The molecule has 8 heteroatoms. The van der Waals surface area contributed by atoms with Gasteiger partial charge in [-0.05, 0) is 13.8 Å². The van der Waals surface area contributed by atoms with Gasteiger partial charge >= 0.3 is 18.2 Å². The summed E-state index contributed by atoms with van der Waals surface area (Å²) in [5.41, 5.74) is -2.22. The van der Waals surface area contributed by atoms with E-state index < -0.39 is 29.3 Å².